The molecule has 1 aliphatic rings. The van der Waals surface area contributed by atoms with Gasteiger partial charge < -0.3 is 10.2 Å². The molecule has 0 aliphatic carbocycles. The Morgan fingerprint density at radius 1 is 1.35 bits per heavy atom. The Morgan fingerprint density at radius 2 is 2.00 bits per heavy atom. The van der Waals surface area contributed by atoms with E-state index in [9.17, 15) is 13.5 Å². The molecule has 0 spiro atoms. The van der Waals surface area contributed by atoms with E-state index in [0.29, 0.717) is 24.3 Å². The number of rotatable bonds is 5. The fraction of sp³-hybridized carbons (Fsp3) is 0.500. The van der Waals surface area contributed by atoms with E-state index in [1.165, 1.54) is 22.5 Å². The van der Waals surface area contributed by atoms with E-state index in [2.05, 4.69) is 0 Å². The van der Waals surface area contributed by atoms with E-state index < -0.39 is 22.2 Å². The van der Waals surface area contributed by atoms with Gasteiger partial charge in [-0.25, -0.2) is 8.42 Å². The van der Waals surface area contributed by atoms with Gasteiger partial charge in [0.15, 0.2) is 0 Å². The van der Waals surface area contributed by atoms with Crippen molar-refractivity contribution in [1.29, 1.82) is 0 Å². The van der Waals surface area contributed by atoms with E-state index >= 15 is 0 Å². The fourth-order valence-corrected chi connectivity index (χ4v) is 5.05. The molecule has 5 nitrogen and oxygen atoms in total. The van der Waals surface area contributed by atoms with Crippen LogP contribution in [0.5, 0.6) is 0 Å². The van der Waals surface area contributed by atoms with E-state index in [4.69, 9.17) is 16.7 Å². The molecule has 0 radical (unpaired) electrons. The maximum absolute atomic E-state index is 13.1. The van der Waals surface area contributed by atoms with Crippen LogP contribution in [0.4, 0.5) is 0 Å². The summed E-state index contributed by atoms with van der Waals surface area (Å²) in [6, 6.07) is 5.32. The number of hydrogen-bond acceptors (Lipinski definition) is 4. The van der Waals surface area contributed by atoms with Crippen LogP contribution in [0.25, 0.3) is 0 Å². The molecule has 0 aromatic heterocycles. The topological polar surface area (TPSA) is 77.8 Å². The average Bonchev–Trinajstić information content (AvgIpc) is 2.47. The predicted molar refractivity (Wildman–Crippen MR) is 90.0 cm³/mol. The number of sulfonamides is 1. The van der Waals surface area contributed by atoms with Crippen LogP contribution in [-0.2, 0) is 10.0 Å². The summed E-state index contributed by atoms with van der Waals surface area (Å²) in [5, 5.41) is 19.3. The van der Waals surface area contributed by atoms with E-state index in [0.717, 1.165) is 12.7 Å². The largest absolute Gasteiger partial charge is 0.516 e. The van der Waals surface area contributed by atoms with Gasteiger partial charge in [0, 0.05) is 17.1 Å². The highest BCUT2D eigenvalue weighted by Crippen LogP contribution is 2.33. The molecule has 2 unspecified atom stereocenters. The number of hydrogen-bond donors (Lipinski definition) is 2. The van der Waals surface area contributed by atoms with E-state index in [1.807, 2.05) is 0 Å². The first-order chi connectivity index (χ1) is 10.9. The molecule has 3 atom stereocenters. The number of piperidine rings is 1. The van der Waals surface area contributed by atoms with Crippen molar-refractivity contribution < 1.29 is 18.6 Å². The lowest BCUT2D eigenvalue weighted by atomic mass is 9.95. The zero-order valence-electron chi connectivity index (χ0n) is 13.0. The highest BCUT2D eigenvalue weighted by atomic mass is 35.5. The Kier molecular flexibility index (Phi) is 6.08. The lowest BCUT2D eigenvalue weighted by Gasteiger charge is -2.40. The second-order valence-electron chi connectivity index (χ2n) is 5.87. The minimum Gasteiger partial charge on any atom is -0.516 e. The predicted octanol–water partition coefficient (Wildman–Crippen LogP) is 3.09. The Labute approximate surface area is 142 Å². The zero-order valence-corrected chi connectivity index (χ0v) is 14.5. The van der Waals surface area contributed by atoms with Gasteiger partial charge in [-0.05, 0) is 62.9 Å². The molecule has 0 bridgehead atoms. The third-order valence-corrected chi connectivity index (χ3v) is 6.28. The van der Waals surface area contributed by atoms with Crippen LogP contribution in [-0.4, -0.2) is 41.1 Å². The molecular formula is C16H22ClNO4S. The minimum absolute atomic E-state index is 0.163. The van der Waals surface area contributed by atoms with Crippen molar-refractivity contribution in [1.82, 2.24) is 4.31 Å². The highest BCUT2D eigenvalue weighted by Gasteiger charge is 2.39. The normalized spacial score (nSPS) is 24.8. The first-order valence-electron chi connectivity index (χ1n) is 7.64. The monoisotopic (exact) mass is 359 g/mol. The summed E-state index contributed by atoms with van der Waals surface area (Å²) in [6.07, 6.45) is 4.32. The van der Waals surface area contributed by atoms with Gasteiger partial charge >= 0.3 is 0 Å². The smallest absolute Gasteiger partial charge is 0.243 e. The van der Waals surface area contributed by atoms with Crippen molar-refractivity contribution in [3.8, 4) is 0 Å². The number of aliphatic hydroxyl groups excluding tert-OH is 2. The van der Waals surface area contributed by atoms with Crippen LogP contribution in [0.3, 0.4) is 0 Å². The molecular weight excluding hydrogens is 338 g/mol. The summed E-state index contributed by atoms with van der Waals surface area (Å²) in [5.74, 6) is 0. The van der Waals surface area contributed by atoms with Crippen LogP contribution in [0.2, 0.25) is 5.02 Å². The molecule has 0 amide bonds. The van der Waals surface area contributed by atoms with Crippen molar-refractivity contribution in [2.75, 3.05) is 0 Å². The highest BCUT2D eigenvalue weighted by molar-refractivity contribution is 7.89. The van der Waals surface area contributed by atoms with Crippen molar-refractivity contribution >= 4 is 21.6 Å². The van der Waals surface area contributed by atoms with Gasteiger partial charge in [-0.2, -0.15) is 4.31 Å². The molecule has 2 N–H and O–H groups in total. The van der Waals surface area contributed by atoms with Crippen LogP contribution in [0.1, 0.15) is 32.6 Å². The Bertz CT molecular complexity index is 643. The Balaban J connectivity index is 2.43. The van der Waals surface area contributed by atoms with Crippen molar-refractivity contribution in [3.05, 3.63) is 41.6 Å². The van der Waals surface area contributed by atoms with Crippen LogP contribution in [0, 0.1) is 0 Å². The zero-order chi connectivity index (χ0) is 17.0. The Hall–Kier alpha value is -1.08. The lowest BCUT2D eigenvalue weighted by molar-refractivity contribution is 0.118. The van der Waals surface area contributed by atoms with Gasteiger partial charge in [-0.15, -0.1) is 0 Å². The molecule has 1 fully saturated rings. The molecule has 1 aromatic rings. The average molecular weight is 360 g/mol. The second kappa shape index (κ2) is 7.66. The molecule has 1 aliphatic heterocycles. The number of halogens is 1. The van der Waals surface area contributed by atoms with Crippen molar-refractivity contribution in [2.45, 2.75) is 55.7 Å². The van der Waals surface area contributed by atoms with Crippen molar-refractivity contribution in [2.24, 2.45) is 0 Å². The minimum atomic E-state index is -3.74. The Morgan fingerprint density at radius 3 is 2.57 bits per heavy atom. The summed E-state index contributed by atoms with van der Waals surface area (Å²) in [7, 11) is -3.74. The van der Waals surface area contributed by atoms with Crippen LogP contribution in [0.15, 0.2) is 41.5 Å². The molecule has 7 heteroatoms. The van der Waals surface area contributed by atoms with Crippen LogP contribution < -0.4 is 0 Å². The third kappa shape index (κ3) is 4.26. The van der Waals surface area contributed by atoms with Gasteiger partial charge in [0.05, 0.1) is 17.3 Å². The standard InChI is InChI=1S/C16H22ClNO4S/c1-12(20)11-15-4-2-3-14(9-10-19)18(15)23(21,22)16-7-5-13(17)6-8-16/h5-10,12,14-15,19-20H,2-4,11H2,1H3/b10-9-/t12?,14?,15-/m1/s1. The maximum Gasteiger partial charge on any atom is 0.243 e. The summed E-state index contributed by atoms with van der Waals surface area (Å²) in [6.45, 7) is 1.65. The molecule has 0 saturated carbocycles. The lowest BCUT2D eigenvalue weighted by Crippen LogP contribution is -2.50. The fourth-order valence-electron chi connectivity index (χ4n) is 3.09. The summed E-state index contributed by atoms with van der Waals surface area (Å²) in [4.78, 5) is 0.163. The van der Waals surface area contributed by atoms with E-state index in [-0.39, 0.29) is 10.9 Å². The number of nitrogens with zero attached hydrogens (tertiary/aromatic N) is 1. The number of benzene rings is 1. The quantitative estimate of drug-likeness (QED) is 0.792. The molecule has 2 rings (SSSR count). The molecule has 23 heavy (non-hydrogen) atoms. The first kappa shape index (κ1) is 18.3. The second-order valence-corrected chi connectivity index (χ2v) is 8.15. The van der Waals surface area contributed by atoms with E-state index in [1.54, 1.807) is 19.1 Å². The van der Waals surface area contributed by atoms with Gasteiger partial charge in [-0.3, -0.25) is 0 Å². The first-order valence-corrected chi connectivity index (χ1v) is 9.46. The summed E-state index contributed by atoms with van der Waals surface area (Å²) >= 11 is 5.84. The summed E-state index contributed by atoms with van der Waals surface area (Å²) in [5.41, 5.74) is 0. The van der Waals surface area contributed by atoms with Crippen molar-refractivity contribution in [3.63, 3.8) is 0 Å². The van der Waals surface area contributed by atoms with Gasteiger partial charge in [0.2, 0.25) is 10.0 Å². The molecule has 1 heterocycles. The van der Waals surface area contributed by atoms with Gasteiger partial charge in [0.25, 0.3) is 0 Å². The molecule has 128 valence electrons. The third-order valence-electron chi connectivity index (χ3n) is 4.03. The van der Waals surface area contributed by atoms with Gasteiger partial charge in [-0.1, -0.05) is 11.6 Å². The van der Waals surface area contributed by atoms with Crippen LogP contribution >= 0.6 is 11.6 Å². The molecule has 1 saturated heterocycles. The summed E-state index contributed by atoms with van der Waals surface area (Å²) < 4.78 is 27.5. The SMILES string of the molecule is CC(O)C[C@H]1CCCC(/C=C\O)N1S(=O)(=O)c1ccc(Cl)cc1. The number of aliphatic hydroxyl groups is 2. The van der Waals surface area contributed by atoms with Gasteiger partial charge in [0.1, 0.15) is 0 Å². The maximum atomic E-state index is 13.1. The molecule has 1 aromatic carbocycles.